The number of hydrogen-bond donors (Lipinski definition) is 1. The molecule has 2 saturated heterocycles. The van der Waals surface area contributed by atoms with Crippen LogP contribution in [0.25, 0.3) is 0 Å². The van der Waals surface area contributed by atoms with Crippen molar-refractivity contribution in [2.45, 2.75) is 52.1 Å². The van der Waals surface area contributed by atoms with E-state index in [1.165, 1.54) is 0 Å². The Kier molecular flexibility index (Phi) is 5.92. The molecule has 0 saturated carbocycles. The van der Waals surface area contributed by atoms with Crippen molar-refractivity contribution in [1.29, 1.82) is 0 Å². The molecular formula is C13H26N2O2. The maximum atomic E-state index is 11.1. The molecule has 2 aliphatic heterocycles. The molecule has 100 valence electrons. The van der Waals surface area contributed by atoms with Gasteiger partial charge >= 0.3 is 5.97 Å². The summed E-state index contributed by atoms with van der Waals surface area (Å²) in [6.45, 7) is 10.3. The molecular weight excluding hydrogens is 216 g/mol. The van der Waals surface area contributed by atoms with Gasteiger partial charge in [-0.1, -0.05) is 27.2 Å². The van der Waals surface area contributed by atoms with Crippen molar-refractivity contribution in [2.75, 3.05) is 26.2 Å². The Morgan fingerprint density at radius 1 is 1.29 bits per heavy atom. The van der Waals surface area contributed by atoms with Gasteiger partial charge in [0.05, 0.1) is 0 Å². The van der Waals surface area contributed by atoms with Crippen LogP contribution in [0.15, 0.2) is 0 Å². The zero-order valence-corrected chi connectivity index (χ0v) is 11.4. The van der Waals surface area contributed by atoms with E-state index in [0.29, 0.717) is 6.04 Å². The molecule has 0 aromatic heterocycles. The molecule has 0 amide bonds. The number of rotatable bonds is 3. The summed E-state index contributed by atoms with van der Waals surface area (Å²) in [5.41, 5.74) is 0. The lowest BCUT2D eigenvalue weighted by Crippen LogP contribution is -2.63. The van der Waals surface area contributed by atoms with Crippen LogP contribution in [-0.4, -0.2) is 59.1 Å². The molecule has 0 spiro atoms. The third-order valence-electron chi connectivity index (χ3n) is 3.68. The summed E-state index contributed by atoms with van der Waals surface area (Å²) in [5, 5.41) is 9.14. The molecule has 2 aliphatic rings. The Morgan fingerprint density at radius 2 is 1.94 bits per heavy atom. The fourth-order valence-electron chi connectivity index (χ4n) is 2.67. The number of carbonyl (C=O) groups is 1. The molecule has 2 heterocycles. The minimum Gasteiger partial charge on any atom is -0.480 e. The van der Waals surface area contributed by atoms with Gasteiger partial charge in [0.1, 0.15) is 6.04 Å². The number of carboxylic acid groups (broad SMARTS) is 1. The topological polar surface area (TPSA) is 43.8 Å². The Labute approximate surface area is 105 Å². The molecule has 0 aromatic rings. The Hall–Kier alpha value is -0.610. The fraction of sp³-hybridized carbons (Fsp3) is 0.923. The van der Waals surface area contributed by atoms with Crippen molar-refractivity contribution >= 4 is 5.97 Å². The van der Waals surface area contributed by atoms with E-state index >= 15 is 0 Å². The van der Waals surface area contributed by atoms with E-state index in [-0.39, 0.29) is 6.04 Å². The van der Waals surface area contributed by atoms with Gasteiger partial charge in [0.15, 0.2) is 0 Å². The first kappa shape index (κ1) is 14.5. The van der Waals surface area contributed by atoms with Gasteiger partial charge in [-0.2, -0.15) is 0 Å². The van der Waals surface area contributed by atoms with E-state index in [4.69, 9.17) is 5.11 Å². The monoisotopic (exact) mass is 242 g/mol. The van der Waals surface area contributed by atoms with Crippen molar-refractivity contribution in [1.82, 2.24) is 9.80 Å². The van der Waals surface area contributed by atoms with Crippen LogP contribution >= 0.6 is 0 Å². The van der Waals surface area contributed by atoms with Gasteiger partial charge in [0.2, 0.25) is 0 Å². The van der Waals surface area contributed by atoms with E-state index in [1.807, 2.05) is 13.8 Å². The highest BCUT2D eigenvalue weighted by Gasteiger charge is 2.38. The zero-order chi connectivity index (χ0) is 12.8. The van der Waals surface area contributed by atoms with Gasteiger partial charge in [0.25, 0.3) is 0 Å². The lowest BCUT2D eigenvalue weighted by Gasteiger charge is -2.48. The summed E-state index contributed by atoms with van der Waals surface area (Å²) in [5.74, 6) is -0.635. The van der Waals surface area contributed by atoms with E-state index in [2.05, 4.69) is 16.7 Å². The second-order valence-electron chi connectivity index (χ2n) is 4.59. The van der Waals surface area contributed by atoms with Crippen LogP contribution in [0, 0.1) is 0 Å². The Balaban J connectivity index is 0.000000686. The van der Waals surface area contributed by atoms with Gasteiger partial charge in [0, 0.05) is 19.1 Å². The minimum absolute atomic E-state index is 0.220. The second kappa shape index (κ2) is 6.97. The highest BCUT2D eigenvalue weighted by Crippen LogP contribution is 2.24. The first-order chi connectivity index (χ1) is 8.22. The van der Waals surface area contributed by atoms with Crippen LogP contribution in [-0.2, 0) is 4.79 Å². The number of aliphatic carboxylic acids is 1. The Bertz CT molecular complexity index is 240. The quantitative estimate of drug-likeness (QED) is 0.817. The van der Waals surface area contributed by atoms with Gasteiger partial charge in [-0.15, -0.1) is 0 Å². The van der Waals surface area contributed by atoms with Crippen molar-refractivity contribution in [3.8, 4) is 0 Å². The number of carboxylic acids is 1. The first-order valence-corrected chi connectivity index (χ1v) is 6.93. The predicted octanol–water partition coefficient (Wildman–Crippen LogP) is 1.66. The lowest BCUT2D eigenvalue weighted by molar-refractivity contribution is -0.147. The van der Waals surface area contributed by atoms with Crippen molar-refractivity contribution in [3.63, 3.8) is 0 Å². The summed E-state index contributed by atoms with van der Waals surface area (Å²) in [7, 11) is 0. The minimum atomic E-state index is -0.635. The summed E-state index contributed by atoms with van der Waals surface area (Å²) < 4.78 is 0. The predicted molar refractivity (Wildman–Crippen MR) is 69.2 cm³/mol. The van der Waals surface area contributed by atoms with Crippen molar-refractivity contribution in [3.05, 3.63) is 0 Å². The van der Waals surface area contributed by atoms with E-state index in [0.717, 1.165) is 45.4 Å². The van der Waals surface area contributed by atoms with Crippen molar-refractivity contribution in [2.24, 2.45) is 0 Å². The summed E-state index contributed by atoms with van der Waals surface area (Å²) in [6.07, 6.45) is 3.06. The summed E-state index contributed by atoms with van der Waals surface area (Å²) in [4.78, 5) is 15.7. The number of hydrogen-bond acceptors (Lipinski definition) is 3. The molecule has 0 bridgehead atoms. The lowest BCUT2D eigenvalue weighted by atomic mass is 9.96. The van der Waals surface area contributed by atoms with E-state index < -0.39 is 5.97 Å². The van der Waals surface area contributed by atoms with E-state index in [1.54, 1.807) is 0 Å². The zero-order valence-electron chi connectivity index (χ0n) is 11.4. The number of likely N-dealkylation sites (N-methyl/N-ethyl adjacent to an activating group) is 1. The molecule has 17 heavy (non-hydrogen) atoms. The molecule has 4 heteroatoms. The van der Waals surface area contributed by atoms with Crippen LogP contribution in [0.3, 0.4) is 0 Å². The standard InChI is InChI=1S/C11H20N2O2.C2H6/c1-2-12-7-9(8-12)13-6-4-3-5-10(13)11(14)15;1-2/h9-10H,2-8H2,1H3,(H,14,15);1-2H3. The molecule has 0 aliphatic carbocycles. The van der Waals surface area contributed by atoms with Crippen LogP contribution in [0.2, 0.25) is 0 Å². The maximum Gasteiger partial charge on any atom is 0.320 e. The molecule has 0 radical (unpaired) electrons. The van der Waals surface area contributed by atoms with Crippen LogP contribution in [0.5, 0.6) is 0 Å². The summed E-state index contributed by atoms with van der Waals surface area (Å²) >= 11 is 0. The second-order valence-corrected chi connectivity index (χ2v) is 4.59. The van der Waals surface area contributed by atoms with Gasteiger partial charge in [-0.25, -0.2) is 0 Å². The Morgan fingerprint density at radius 3 is 2.47 bits per heavy atom. The highest BCUT2D eigenvalue weighted by molar-refractivity contribution is 5.73. The third-order valence-corrected chi connectivity index (χ3v) is 3.68. The third kappa shape index (κ3) is 3.42. The number of likely N-dealkylation sites (tertiary alicyclic amines) is 2. The van der Waals surface area contributed by atoms with Crippen LogP contribution in [0.1, 0.15) is 40.0 Å². The molecule has 2 fully saturated rings. The van der Waals surface area contributed by atoms with Crippen LogP contribution < -0.4 is 0 Å². The highest BCUT2D eigenvalue weighted by atomic mass is 16.4. The van der Waals surface area contributed by atoms with Crippen LogP contribution in [0.4, 0.5) is 0 Å². The molecule has 4 nitrogen and oxygen atoms in total. The molecule has 2 rings (SSSR count). The molecule has 0 aromatic carbocycles. The van der Waals surface area contributed by atoms with Gasteiger partial charge < -0.3 is 10.0 Å². The number of piperidine rings is 1. The first-order valence-electron chi connectivity index (χ1n) is 6.93. The molecule has 1 unspecified atom stereocenters. The average molecular weight is 242 g/mol. The smallest absolute Gasteiger partial charge is 0.320 e. The normalized spacial score (nSPS) is 26.9. The van der Waals surface area contributed by atoms with E-state index in [9.17, 15) is 4.79 Å². The fourth-order valence-corrected chi connectivity index (χ4v) is 2.67. The summed E-state index contributed by atoms with van der Waals surface area (Å²) in [6, 6.07) is 0.272. The SMILES string of the molecule is CC.CCN1CC(N2CCCCC2C(=O)O)C1. The number of nitrogens with zero attached hydrogens (tertiary/aromatic N) is 2. The molecule has 1 N–H and O–H groups in total. The van der Waals surface area contributed by atoms with Crippen molar-refractivity contribution < 1.29 is 9.90 Å². The van der Waals surface area contributed by atoms with Gasteiger partial charge in [-0.3, -0.25) is 9.69 Å². The largest absolute Gasteiger partial charge is 0.480 e. The average Bonchev–Trinajstić information content (AvgIpc) is 2.31. The maximum absolute atomic E-state index is 11.1. The molecule has 1 atom stereocenters. The van der Waals surface area contributed by atoms with Gasteiger partial charge in [-0.05, 0) is 25.9 Å².